The van der Waals surface area contributed by atoms with Gasteiger partial charge in [-0.05, 0) is 43.7 Å². The first kappa shape index (κ1) is 13.9. The maximum absolute atomic E-state index is 5.66. The Labute approximate surface area is 124 Å². The number of aromatic nitrogens is 2. The highest BCUT2D eigenvalue weighted by Gasteiger charge is 2.16. The smallest absolute Gasteiger partial charge is 0.161 e. The van der Waals surface area contributed by atoms with Crippen molar-refractivity contribution >= 4 is 0 Å². The molecule has 0 saturated heterocycles. The molecule has 1 aromatic carbocycles. The van der Waals surface area contributed by atoms with E-state index in [4.69, 9.17) is 9.47 Å². The highest BCUT2D eigenvalue weighted by molar-refractivity contribution is 5.44. The van der Waals surface area contributed by atoms with Crippen LogP contribution in [0.1, 0.15) is 23.7 Å². The Hall–Kier alpha value is -2.01. The number of nitrogens with zero attached hydrogens (tertiary/aromatic N) is 2. The molecule has 0 radical (unpaired) electrons. The van der Waals surface area contributed by atoms with Gasteiger partial charge in [-0.3, -0.25) is 4.68 Å². The molecule has 1 unspecified atom stereocenters. The third-order valence-electron chi connectivity index (χ3n) is 3.93. The summed E-state index contributed by atoms with van der Waals surface area (Å²) in [6.45, 7) is 1.25. The van der Waals surface area contributed by atoms with E-state index in [-0.39, 0.29) is 6.04 Å². The van der Waals surface area contributed by atoms with Gasteiger partial charge in [0, 0.05) is 25.0 Å². The first-order chi connectivity index (χ1) is 10.3. The van der Waals surface area contributed by atoms with Gasteiger partial charge in [-0.15, -0.1) is 0 Å². The van der Waals surface area contributed by atoms with Crippen molar-refractivity contribution in [3.8, 4) is 11.5 Å². The maximum atomic E-state index is 5.66. The van der Waals surface area contributed by atoms with Gasteiger partial charge in [-0.1, -0.05) is 6.07 Å². The molecular weight excluding hydrogens is 266 g/mol. The number of fused-ring (bicyclic) bond motifs is 1. The van der Waals surface area contributed by atoms with Crippen molar-refractivity contribution < 1.29 is 9.47 Å². The summed E-state index contributed by atoms with van der Waals surface area (Å²) in [6.07, 6.45) is 3.83. The lowest BCUT2D eigenvalue weighted by molar-refractivity contribution is 0.171. The Kier molecular flexibility index (Phi) is 4.10. The van der Waals surface area contributed by atoms with Gasteiger partial charge in [0.15, 0.2) is 11.5 Å². The molecule has 0 bridgehead atoms. The minimum atomic E-state index is 0.288. The van der Waals surface area contributed by atoms with E-state index in [0.717, 1.165) is 24.3 Å². The van der Waals surface area contributed by atoms with Crippen LogP contribution in [-0.4, -0.2) is 30.0 Å². The average Bonchev–Trinajstić information content (AvgIpc) is 2.93. The maximum Gasteiger partial charge on any atom is 0.161 e. The lowest BCUT2D eigenvalue weighted by Gasteiger charge is -2.22. The molecule has 0 spiro atoms. The van der Waals surface area contributed by atoms with Gasteiger partial charge in [-0.25, -0.2) is 0 Å². The van der Waals surface area contributed by atoms with E-state index in [2.05, 4.69) is 28.6 Å². The molecule has 1 aliphatic heterocycles. The first-order valence-corrected chi connectivity index (χ1v) is 7.31. The summed E-state index contributed by atoms with van der Waals surface area (Å²) in [4.78, 5) is 0. The predicted octanol–water partition coefficient (Wildman–Crippen LogP) is 2.08. The van der Waals surface area contributed by atoms with Crippen molar-refractivity contribution in [3.63, 3.8) is 0 Å². The quantitative estimate of drug-likeness (QED) is 0.915. The Balaban J connectivity index is 1.72. The van der Waals surface area contributed by atoms with Crippen LogP contribution in [0.2, 0.25) is 0 Å². The molecule has 21 heavy (non-hydrogen) atoms. The van der Waals surface area contributed by atoms with Crippen LogP contribution in [0.3, 0.4) is 0 Å². The lowest BCUT2D eigenvalue weighted by Crippen LogP contribution is -2.19. The third kappa shape index (κ3) is 3.03. The van der Waals surface area contributed by atoms with E-state index in [1.807, 2.05) is 31.0 Å². The van der Waals surface area contributed by atoms with Crippen LogP contribution in [0.4, 0.5) is 0 Å². The van der Waals surface area contributed by atoms with Crippen LogP contribution in [0.15, 0.2) is 30.5 Å². The molecule has 5 nitrogen and oxygen atoms in total. The number of aryl methyl sites for hydroxylation is 2. The summed E-state index contributed by atoms with van der Waals surface area (Å²) in [6, 6.07) is 8.54. The Morgan fingerprint density at radius 2 is 2.05 bits per heavy atom. The number of ether oxygens (including phenoxy) is 2. The van der Waals surface area contributed by atoms with Gasteiger partial charge in [-0.2, -0.15) is 5.10 Å². The number of rotatable bonds is 5. The van der Waals surface area contributed by atoms with E-state index in [1.165, 1.54) is 11.3 Å². The average molecular weight is 287 g/mol. The Morgan fingerprint density at radius 1 is 1.24 bits per heavy atom. The summed E-state index contributed by atoms with van der Waals surface area (Å²) >= 11 is 0. The molecule has 0 fully saturated rings. The van der Waals surface area contributed by atoms with Crippen molar-refractivity contribution in [3.05, 3.63) is 41.7 Å². The van der Waals surface area contributed by atoms with Crippen molar-refractivity contribution in [2.45, 2.75) is 18.9 Å². The minimum Gasteiger partial charge on any atom is -0.486 e. The van der Waals surface area contributed by atoms with Gasteiger partial charge < -0.3 is 14.8 Å². The normalized spacial score (nSPS) is 15.0. The SMILES string of the molecule is CNC(CCc1ccnn1C)c1ccc2c(c1)OCCO2. The molecule has 0 saturated carbocycles. The highest BCUT2D eigenvalue weighted by Crippen LogP contribution is 2.33. The molecule has 0 aliphatic carbocycles. The Morgan fingerprint density at radius 3 is 2.76 bits per heavy atom. The molecule has 2 aromatic rings. The van der Waals surface area contributed by atoms with E-state index in [9.17, 15) is 0 Å². The zero-order valence-corrected chi connectivity index (χ0v) is 12.5. The highest BCUT2D eigenvalue weighted by atomic mass is 16.6. The van der Waals surface area contributed by atoms with Crippen molar-refractivity contribution in [2.75, 3.05) is 20.3 Å². The van der Waals surface area contributed by atoms with Gasteiger partial charge >= 0.3 is 0 Å². The third-order valence-corrected chi connectivity index (χ3v) is 3.93. The fourth-order valence-corrected chi connectivity index (χ4v) is 2.69. The zero-order chi connectivity index (χ0) is 14.7. The largest absolute Gasteiger partial charge is 0.486 e. The zero-order valence-electron chi connectivity index (χ0n) is 12.5. The molecule has 1 N–H and O–H groups in total. The lowest BCUT2D eigenvalue weighted by atomic mass is 10.0. The molecule has 112 valence electrons. The standard InChI is InChI=1S/C16H21N3O2/c1-17-14(5-4-13-7-8-18-19(13)2)12-3-6-15-16(11-12)21-10-9-20-15/h3,6-8,11,14,17H,4-5,9-10H2,1-2H3. The summed E-state index contributed by atoms with van der Waals surface area (Å²) in [5, 5.41) is 7.59. The minimum absolute atomic E-state index is 0.288. The van der Waals surface area contributed by atoms with Crippen LogP contribution in [-0.2, 0) is 13.5 Å². The number of nitrogens with one attached hydrogen (secondary N) is 1. The fraction of sp³-hybridized carbons (Fsp3) is 0.438. The molecule has 1 atom stereocenters. The predicted molar refractivity (Wildman–Crippen MR) is 80.8 cm³/mol. The molecule has 1 aromatic heterocycles. The topological polar surface area (TPSA) is 48.3 Å². The van der Waals surface area contributed by atoms with Gasteiger partial charge in [0.1, 0.15) is 13.2 Å². The van der Waals surface area contributed by atoms with Crippen LogP contribution < -0.4 is 14.8 Å². The molecule has 5 heteroatoms. The van der Waals surface area contributed by atoms with Crippen molar-refractivity contribution in [1.82, 2.24) is 15.1 Å². The number of benzene rings is 1. The second-order valence-corrected chi connectivity index (χ2v) is 5.23. The molecule has 3 rings (SSSR count). The van der Waals surface area contributed by atoms with Gasteiger partial charge in [0.2, 0.25) is 0 Å². The second-order valence-electron chi connectivity index (χ2n) is 5.23. The van der Waals surface area contributed by atoms with E-state index in [0.29, 0.717) is 13.2 Å². The van der Waals surface area contributed by atoms with Crippen LogP contribution in [0.25, 0.3) is 0 Å². The summed E-state index contributed by atoms with van der Waals surface area (Å²) < 4.78 is 13.2. The van der Waals surface area contributed by atoms with Crippen LogP contribution in [0, 0.1) is 0 Å². The Bertz CT molecular complexity index is 609. The number of hydrogen-bond acceptors (Lipinski definition) is 4. The van der Waals surface area contributed by atoms with Gasteiger partial charge in [0.25, 0.3) is 0 Å². The fourth-order valence-electron chi connectivity index (χ4n) is 2.69. The van der Waals surface area contributed by atoms with E-state index >= 15 is 0 Å². The summed E-state index contributed by atoms with van der Waals surface area (Å²) in [5.74, 6) is 1.69. The monoisotopic (exact) mass is 287 g/mol. The summed E-state index contributed by atoms with van der Waals surface area (Å²) in [7, 11) is 3.97. The first-order valence-electron chi connectivity index (χ1n) is 7.31. The molecular formula is C16H21N3O2. The number of hydrogen-bond donors (Lipinski definition) is 1. The molecule has 0 amide bonds. The van der Waals surface area contributed by atoms with Crippen molar-refractivity contribution in [1.29, 1.82) is 0 Å². The molecule has 2 heterocycles. The van der Waals surface area contributed by atoms with Crippen LogP contribution >= 0.6 is 0 Å². The van der Waals surface area contributed by atoms with Crippen molar-refractivity contribution in [2.24, 2.45) is 7.05 Å². The van der Waals surface area contributed by atoms with Gasteiger partial charge in [0.05, 0.1) is 0 Å². The van der Waals surface area contributed by atoms with E-state index < -0.39 is 0 Å². The second kappa shape index (κ2) is 6.18. The van der Waals surface area contributed by atoms with Crippen LogP contribution in [0.5, 0.6) is 11.5 Å². The van der Waals surface area contributed by atoms with E-state index in [1.54, 1.807) is 0 Å². The summed E-state index contributed by atoms with van der Waals surface area (Å²) in [5.41, 5.74) is 2.47. The molecule has 1 aliphatic rings.